The van der Waals surface area contributed by atoms with Crippen LogP contribution in [0.3, 0.4) is 0 Å². The number of hydrogen-bond acceptors (Lipinski definition) is 3. The van der Waals surface area contributed by atoms with Gasteiger partial charge < -0.3 is 10.8 Å². The summed E-state index contributed by atoms with van der Waals surface area (Å²) >= 11 is 0. The summed E-state index contributed by atoms with van der Waals surface area (Å²) < 4.78 is 0. The smallest absolute Gasteiger partial charge is 0.320 e. The number of piperidine rings is 1. The molecule has 0 saturated carbocycles. The van der Waals surface area contributed by atoms with Crippen molar-refractivity contribution in [2.75, 3.05) is 13.1 Å². The zero-order valence-electron chi connectivity index (χ0n) is 8.98. The van der Waals surface area contributed by atoms with Crippen LogP contribution >= 0.6 is 0 Å². The van der Waals surface area contributed by atoms with Crippen molar-refractivity contribution in [2.45, 2.75) is 32.2 Å². The third-order valence-electron chi connectivity index (χ3n) is 2.91. The Morgan fingerprint density at radius 2 is 2.20 bits per heavy atom. The summed E-state index contributed by atoms with van der Waals surface area (Å²) in [5.41, 5.74) is 5.05. The van der Waals surface area contributed by atoms with Crippen LogP contribution in [0.25, 0.3) is 0 Å². The van der Waals surface area contributed by atoms with E-state index in [1.807, 2.05) is 4.90 Å². The lowest BCUT2D eigenvalue weighted by Crippen LogP contribution is -2.47. The molecule has 1 heterocycles. The van der Waals surface area contributed by atoms with Gasteiger partial charge in [-0.25, -0.2) is 0 Å². The zero-order chi connectivity index (χ0) is 11.4. The van der Waals surface area contributed by atoms with Crippen LogP contribution in [0.5, 0.6) is 0 Å². The minimum atomic E-state index is -0.800. The van der Waals surface area contributed by atoms with Gasteiger partial charge in [-0.05, 0) is 25.3 Å². The number of amides is 1. The van der Waals surface area contributed by atoms with Crippen LogP contribution < -0.4 is 5.73 Å². The summed E-state index contributed by atoms with van der Waals surface area (Å²) in [5.74, 6) is -0.736. The Bertz CT molecular complexity index is 255. The second-order valence-electron chi connectivity index (χ2n) is 4.24. The largest absolute Gasteiger partial charge is 0.480 e. The van der Waals surface area contributed by atoms with Crippen molar-refractivity contribution in [3.05, 3.63) is 0 Å². The van der Waals surface area contributed by atoms with E-state index < -0.39 is 12.0 Å². The molecule has 0 bridgehead atoms. The van der Waals surface area contributed by atoms with Crippen molar-refractivity contribution in [2.24, 2.45) is 11.7 Å². The zero-order valence-corrected chi connectivity index (χ0v) is 8.98. The van der Waals surface area contributed by atoms with Crippen LogP contribution in [0.4, 0.5) is 0 Å². The van der Waals surface area contributed by atoms with Crippen molar-refractivity contribution in [3.8, 4) is 0 Å². The van der Waals surface area contributed by atoms with E-state index in [-0.39, 0.29) is 12.3 Å². The number of nitrogens with zero attached hydrogens (tertiary/aromatic N) is 1. The average Bonchev–Trinajstić information content (AvgIpc) is 2.15. The molecule has 5 heteroatoms. The number of hydrogen-bond donors (Lipinski definition) is 2. The van der Waals surface area contributed by atoms with E-state index in [0.717, 1.165) is 13.0 Å². The van der Waals surface area contributed by atoms with Crippen LogP contribution in [-0.4, -0.2) is 41.0 Å². The van der Waals surface area contributed by atoms with E-state index in [4.69, 9.17) is 10.8 Å². The number of aliphatic carboxylic acids is 1. The van der Waals surface area contributed by atoms with Crippen molar-refractivity contribution in [3.63, 3.8) is 0 Å². The van der Waals surface area contributed by atoms with E-state index >= 15 is 0 Å². The molecule has 0 aliphatic carbocycles. The van der Waals surface area contributed by atoms with Gasteiger partial charge in [-0.15, -0.1) is 0 Å². The molecule has 0 aromatic heterocycles. The summed E-state index contributed by atoms with van der Waals surface area (Å²) in [5, 5.41) is 9.03. The second-order valence-corrected chi connectivity index (χ2v) is 4.24. The van der Waals surface area contributed by atoms with E-state index in [9.17, 15) is 9.59 Å². The SMILES string of the molecule is CC1CCN(CCC(N)=O)C(C(=O)O)C1. The molecule has 1 aliphatic heterocycles. The van der Waals surface area contributed by atoms with E-state index in [1.165, 1.54) is 0 Å². The molecule has 2 atom stereocenters. The highest BCUT2D eigenvalue weighted by molar-refractivity contribution is 5.75. The maximum atomic E-state index is 11.0. The van der Waals surface area contributed by atoms with Gasteiger partial charge in [0.1, 0.15) is 6.04 Å². The standard InChI is InChI=1S/C10H18N2O3/c1-7-2-4-12(5-3-9(11)13)8(6-7)10(14)15/h7-8H,2-6H2,1H3,(H2,11,13)(H,14,15). The highest BCUT2D eigenvalue weighted by Crippen LogP contribution is 2.22. The summed E-state index contributed by atoms with van der Waals surface area (Å²) in [6, 6.07) is -0.451. The first kappa shape index (κ1) is 12.0. The molecule has 0 aromatic carbocycles. The van der Waals surface area contributed by atoms with Crippen molar-refractivity contribution in [1.82, 2.24) is 4.90 Å². The van der Waals surface area contributed by atoms with Gasteiger partial charge in [-0.2, -0.15) is 0 Å². The fraction of sp³-hybridized carbons (Fsp3) is 0.800. The Balaban J connectivity index is 2.52. The lowest BCUT2D eigenvalue weighted by Gasteiger charge is -2.35. The Morgan fingerprint density at radius 3 is 2.73 bits per heavy atom. The quantitative estimate of drug-likeness (QED) is 0.692. The molecular formula is C10H18N2O3. The Morgan fingerprint density at radius 1 is 1.53 bits per heavy atom. The fourth-order valence-electron chi connectivity index (χ4n) is 1.97. The van der Waals surface area contributed by atoms with Gasteiger partial charge in [-0.3, -0.25) is 14.5 Å². The minimum absolute atomic E-state index is 0.234. The van der Waals surface area contributed by atoms with Crippen LogP contribution in [0.1, 0.15) is 26.2 Å². The fourth-order valence-corrected chi connectivity index (χ4v) is 1.97. The summed E-state index contributed by atoms with van der Waals surface area (Å²) in [6.07, 6.45) is 1.88. The Kier molecular flexibility index (Phi) is 4.08. The normalized spacial score (nSPS) is 27.5. The van der Waals surface area contributed by atoms with Crippen LogP contribution in [0, 0.1) is 5.92 Å². The molecule has 0 aromatic rings. The average molecular weight is 214 g/mol. The van der Waals surface area contributed by atoms with Gasteiger partial charge in [0.2, 0.25) is 5.91 Å². The van der Waals surface area contributed by atoms with Crippen molar-refractivity contribution in [1.29, 1.82) is 0 Å². The number of primary amides is 1. The van der Waals surface area contributed by atoms with E-state index in [1.54, 1.807) is 0 Å². The molecule has 0 spiro atoms. The molecule has 15 heavy (non-hydrogen) atoms. The molecule has 1 fully saturated rings. The van der Waals surface area contributed by atoms with Gasteiger partial charge in [0.15, 0.2) is 0 Å². The Hall–Kier alpha value is -1.10. The lowest BCUT2D eigenvalue weighted by molar-refractivity contribution is -0.145. The Labute approximate surface area is 89.2 Å². The van der Waals surface area contributed by atoms with Crippen molar-refractivity contribution < 1.29 is 14.7 Å². The molecule has 1 aliphatic rings. The van der Waals surface area contributed by atoms with Gasteiger partial charge in [-0.1, -0.05) is 6.92 Å². The summed E-state index contributed by atoms with van der Waals surface area (Å²) in [4.78, 5) is 23.5. The second kappa shape index (κ2) is 5.11. The molecule has 0 radical (unpaired) electrons. The number of carboxylic acid groups (broad SMARTS) is 1. The van der Waals surface area contributed by atoms with Crippen LogP contribution in [-0.2, 0) is 9.59 Å². The highest BCUT2D eigenvalue weighted by Gasteiger charge is 2.31. The molecule has 1 amide bonds. The number of carboxylic acids is 1. The maximum Gasteiger partial charge on any atom is 0.320 e. The third kappa shape index (κ3) is 3.51. The molecule has 2 unspecified atom stereocenters. The van der Waals surface area contributed by atoms with Crippen LogP contribution in [0.2, 0.25) is 0 Å². The summed E-state index contributed by atoms with van der Waals surface area (Å²) in [6.45, 7) is 3.26. The number of likely N-dealkylation sites (tertiary alicyclic amines) is 1. The van der Waals surface area contributed by atoms with Gasteiger partial charge >= 0.3 is 5.97 Å². The highest BCUT2D eigenvalue weighted by atomic mass is 16.4. The molecule has 1 saturated heterocycles. The first-order valence-electron chi connectivity index (χ1n) is 5.26. The molecular weight excluding hydrogens is 196 g/mol. The van der Waals surface area contributed by atoms with Gasteiger partial charge in [0.25, 0.3) is 0 Å². The van der Waals surface area contributed by atoms with Crippen LogP contribution in [0.15, 0.2) is 0 Å². The predicted molar refractivity (Wildman–Crippen MR) is 55.2 cm³/mol. The first-order chi connectivity index (χ1) is 7.00. The number of carbonyl (C=O) groups excluding carboxylic acids is 1. The molecule has 1 rings (SSSR count). The van der Waals surface area contributed by atoms with Gasteiger partial charge in [0.05, 0.1) is 0 Å². The van der Waals surface area contributed by atoms with Crippen molar-refractivity contribution >= 4 is 11.9 Å². The minimum Gasteiger partial charge on any atom is -0.480 e. The number of rotatable bonds is 4. The predicted octanol–water partition coefficient (Wildman–Crippen LogP) is 0.0469. The maximum absolute atomic E-state index is 11.0. The molecule has 5 nitrogen and oxygen atoms in total. The number of nitrogens with two attached hydrogens (primary N) is 1. The summed E-state index contributed by atoms with van der Waals surface area (Å²) in [7, 11) is 0. The van der Waals surface area contributed by atoms with Gasteiger partial charge in [0, 0.05) is 13.0 Å². The lowest BCUT2D eigenvalue weighted by atomic mass is 9.92. The third-order valence-corrected chi connectivity index (χ3v) is 2.91. The topological polar surface area (TPSA) is 83.6 Å². The van der Waals surface area contributed by atoms with E-state index in [0.29, 0.717) is 18.9 Å². The monoisotopic (exact) mass is 214 g/mol. The van der Waals surface area contributed by atoms with E-state index in [2.05, 4.69) is 6.92 Å². The molecule has 86 valence electrons. The first-order valence-corrected chi connectivity index (χ1v) is 5.26. The number of carbonyl (C=O) groups is 2. The molecule has 3 N–H and O–H groups in total.